The minimum atomic E-state index is -1.43. The van der Waals surface area contributed by atoms with Crippen LogP contribution < -0.4 is 21.2 Å². The number of amides is 2. The molecule has 1 aliphatic rings. The first kappa shape index (κ1) is 9.96. The Balaban J connectivity index is 2.70. The summed E-state index contributed by atoms with van der Waals surface area (Å²) in [6.45, 7) is 0. The minimum absolute atomic E-state index is 0.119. The summed E-state index contributed by atoms with van der Waals surface area (Å²) < 4.78 is 0. The number of carbonyl (C=O) groups excluding carboxylic acids is 2. The van der Waals surface area contributed by atoms with E-state index in [1.165, 1.54) is 7.05 Å². The summed E-state index contributed by atoms with van der Waals surface area (Å²) in [5.74, 6) is -1.55. The molecule has 0 unspecified atom stereocenters. The number of carbonyl (C=O) groups is 2. The molecule has 1 atom stereocenters. The number of hydrazone groups is 1. The van der Waals surface area contributed by atoms with Crippen LogP contribution in [0.5, 0.6) is 0 Å². The smallest absolute Gasteiger partial charge is 0.320 e. The number of nitrogens with one attached hydrogen (secondary N) is 3. The lowest BCUT2D eigenvalue weighted by molar-refractivity contribution is -0.305. The van der Waals surface area contributed by atoms with Crippen LogP contribution in [0.1, 0.15) is 0 Å². The van der Waals surface area contributed by atoms with Crippen LogP contribution in [0.25, 0.3) is 0 Å². The third-order valence-corrected chi connectivity index (χ3v) is 1.42. The molecule has 8 heteroatoms. The third-order valence-electron chi connectivity index (χ3n) is 1.42. The molecule has 1 rings (SSSR count). The molecule has 14 heavy (non-hydrogen) atoms. The Morgan fingerprint density at radius 3 is 2.93 bits per heavy atom. The second kappa shape index (κ2) is 4.21. The van der Waals surface area contributed by atoms with Crippen molar-refractivity contribution in [2.75, 3.05) is 7.05 Å². The summed E-state index contributed by atoms with van der Waals surface area (Å²) in [5, 5.41) is 18.5. The van der Waals surface area contributed by atoms with Gasteiger partial charge in [-0.1, -0.05) is 0 Å². The first-order valence-corrected chi connectivity index (χ1v) is 3.69. The molecular formula is C6H8N5O3-. The fraction of sp³-hybridized carbons (Fsp3) is 0.333. The maximum atomic E-state index is 10.9. The Morgan fingerprint density at radius 2 is 2.36 bits per heavy atom. The molecule has 0 bridgehead atoms. The Hall–Kier alpha value is -2.12. The van der Waals surface area contributed by atoms with E-state index in [-0.39, 0.29) is 5.84 Å². The minimum Gasteiger partial charge on any atom is -0.547 e. The molecule has 0 saturated carbocycles. The van der Waals surface area contributed by atoms with Crippen molar-refractivity contribution >= 4 is 24.2 Å². The van der Waals surface area contributed by atoms with Crippen LogP contribution in [-0.2, 0) is 4.79 Å². The Bertz CT molecular complexity index is 311. The molecule has 0 aromatic rings. The van der Waals surface area contributed by atoms with E-state index in [9.17, 15) is 14.7 Å². The van der Waals surface area contributed by atoms with Crippen LogP contribution >= 0.6 is 0 Å². The molecule has 3 N–H and O–H groups in total. The Labute approximate surface area is 79.1 Å². The number of aliphatic imine (C=N–C) groups is 1. The van der Waals surface area contributed by atoms with Gasteiger partial charge in [-0.05, 0) is 0 Å². The topological polar surface area (TPSA) is 118 Å². The summed E-state index contributed by atoms with van der Waals surface area (Å²) in [6.07, 6.45) is 1.11. The summed E-state index contributed by atoms with van der Waals surface area (Å²) >= 11 is 0. The summed E-state index contributed by atoms with van der Waals surface area (Å²) in [7, 11) is 1.39. The summed E-state index contributed by atoms with van der Waals surface area (Å²) in [6, 6.07) is -1.86. The van der Waals surface area contributed by atoms with Gasteiger partial charge in [0.05, 0.1) is 5.97 Å². The molecule has 2 amide bonds. The van der Waals surface area contributed by atoms with E-state index in [1.807, 2.05) is 0 Å². The number of rotatable bonds is 1. The van der Waals surface area contributed by atoms with Crippen molar-refractivity contribution in [3.8, 4) is 0 Å². The number of aliphatic carboxylic acids is 1. The van der Waals surface area contributed by atoms with Crippen molar-refractivity contribution in [3.05, 3.63) is 0 Å². The number of nitrogens with zero attached hydrogens (tertiary/aromatic N) is 2. The van der Waals surface area contributed by atoms with E-state index in [1.54, 1.807) is 0 Å². The second-order valence-electron chi connectivity index (χ2n) is 2.33. The molecule has 0 aromatic carbocycles. The van der Waals surface area contributed by atoms with Crippen molar-refractivity contribution in [2.24, 2.45) is 10.1 Å². The van der Waals surface area contributed by atoms with Crippen LogP contribution in [0.4, 0.5) is 4.79 Å². The highest BCUT2D eigenvalue weighted by Gasteiger charge is 2.20. The molecule has 76 valence electrons. The maximum absolute atomic E-state index is 10.9. The van der Waals surface area contributed by atoms with E-state index in [4.69, 9.17) is 0 Å². The summed E-state index contributed by atoms with van der Waals surface area (Å²) in [4.78, 5) is 24.9. The fourth-order valence-electron chi connectivity index (χ4n) is 0.786. The molecule has 0 fully saturated rings. The van der Waals surface area contributed by atoms with Gasteiger partial charge in [0.15, 0.2) is 11.9 Å². The van der Waals surface area contributed by atoms with Crippen molar-refractivity contribution in [3.63, 3.8) is 0 Å². The van der Waals surface area contributed by atoms with Crippen molar-refractivity contribution in [1.82, 2.24) is 16.1 Å². The summed E-state index contributed by atoms with van der Waals surface area (Å²) in [5.41, 5.74) is 2.31. The quantitative estimate of drug-likeness (QED) is 0.415. The normalized spacial score (nSPS) is 19.2. The fourth-order valence-corrected chi connectivity index (χ4v) is 0.786. The van der Waals surface area contributed by atoms with Gasteiger partial charge >= 0.3 is 6.03 Å². The van der Waals surface area contributed by atoms with Crippen LogP contribution in [-0.4, -0.2) is 37.3 Å². The third kappa shape index (κ3) is 2.19. The molecule has 0 aromatic heterocycles. The standard InChI is InChI=1S/C6H9N5O3/c1-7-6(14)10-4-3(5(12)13)8-2-9-11-4/h2-3H,1H3,(H,8,9)(H,12,13)(H2,7,10,11,14)/p-1/t3-/m0/s1. The molecule has 1 heterocycles. The van der Waals surface area contributed by atoms with Crippen LogP contribution in [0.2, 0.25) is 0 Å². The Kier molecular flexibility index (Phi) is 3.00. The number of carboxylic acids is 1. The van der Waals surface area contributed by atoms with Crippen molar-refractivity contribution in [2.45, 2.75) is 6.04 Å². The number of urea groups is 1. The molecular weight excluding hydrogens is 190 g/mol. The highest BCUT2D eigenvalue weighted by molar-refractivity contribution is 6.11. The van der Waals surface area contributed by atoms with Crippen molar-refractivity contribution < 1.29 is 14.7 Å². The average Bonchev–Trinajstić information content (AvgIpc) is 2.18. The predicted molar refractivity (Wildman–Crippen MR) is 45.4 cm³/mol. The number of hydrogen-bond acceptors (Lipinski definition) is 6. The van der Waals surface area contributed by atoms with E-state index >= 15 is 0 Å². The SMILES string of the molecule is CNC(=O)NC1=NNC=N[C@@H]1C(=O)[O-]. The monoisotopic (exact) mass is 198 g/mol. The van der Waals surface area contributed by atoms with Gasteiger partial charge in [-0.15, -0.1) is 0 Å². The highest BCUT2D eigenvalue weighted by atomic mass is 16.4. The zero-order valence-corrected chi connectivity index (χ0v) is 7.27. The van der Waals surface area contributed by atoms with Gasteiger partial charge in [-0.2, -0.15) is 5.10 Å². The molecule has 8 nitrogen and oxygen atoms in total. The highest BCUT2D eigenvalue weighted by Crippen LogP contribution is 1.94. The van der Waals surface area contributed by atoms with E-state index in [2.05, 4.69) is 26.2 Å². The van der Waals surface area contributed by atoms with Gasteiger partial charge in [0.1, 0.15) is 6.34 Å². The molecule has 0 spiro atoms. The number of amidine groups is 1. The zero-order chi connectivity index (χ0) is 10.6. The van der Waals surface area contributed by atoms with Gasteiger partial charge in [-0.3, -0.25) is 15.7 Å². The van der Waals surface area contributed by atoms with Gasteiger partial charge in [0, 0.05) is 7.05 Å². The lowest BCUT2D eigenvalue weighted by atomic mass is 10.3. The number of hydrogen-bond donors (Lipinski definition) is 3. The van der Waals surface area contributed by atoms with Gasteiger partial charge in [-0.25, -0.2) is 4.79 Å². The van der Waals surface area contributed by atoms with Crippen LogP contribution in [0, 0.1) is 0 Å². The van der Waals surface area contributed by atoms with Crippen LogP contribution in [0.3, 0.4) is 0 Å². The first-order chi connectivity index (χ1) is 6.65. The lowest BCUT2D eigenvalue weighted by Crippen LogP contribution is -2.51. The predicted octanol–water partition coefficient (Wildman–Crippen LogP) is -3.02. The molecule has 0 aliphatic carbocycles. The zero-order valence-electron chi connectivity index (χ0n) is 7.27. The molecule has 0 radical (unpaired) electrons. The number of carboxylic acid groups (broad SMARTS) is 1. The van der Waals surface area contributed by atoms with Gasteiger partial charge in [0.2, 0.25) is 0 Å². The van der Waals surface area contributed by atoms with E-state index in [0.29, 0.717) is 0 Å². The lowest BCUT2D eigenvalue weighted by Gasteiger charge is -2.19. The van der Waals surface area contributed by atoms with E-state index in [0.717, 1.165) is 6.34 Å². The van der Waals surface area contributed by atoms with E-state index < -0.39 is 18.0 Å². The molecule has 1 aliphatic heterocycles. The van der Waals surface area contributed by atoms with Gasteiger partial charge in [0.25, 0.3) is 0 Å². The maximum Gasteiger partial charge on any atom is 0.320 e. The van der Waals surface area contributed by atoms with Crippen LogP contribution in [0.15, 0.2) is 10.1 Å². The van der Waals surface area contributed by atoms with Gasteiger partial charge < -0.3 is 15.2 Å². The second-order valence-corrected chi connectivity index (χ2v) is 2.33. The Morgan fingerprint density at radius 1 is 1.64 bits per heavy atom. The largest absolute Gasteiger partial charge is 0.547 e. The van der Waals surface area contributed by atoms with Crippen molar-refractivity contribution in [1.29, 1.82) is 0 Å². The average molecular weight is 198 g/mol. The first-order valence-electron chi connectivity index (χ1n) is 3.69. The molecule has 0 saturated heterocycles.